The van der Waals surface area contributed by atoms with Gasteiger partial charge in [-0.15, -0.1) is 0 Å². The topological polar surface area (TPSA) is 106 Å². The van der Waals surface area contributed by atoms with Crippen molar-refractivity contribution in [2.45, 2.75) is 51.5 Å². The van der Waals surface area contributed by atoms with E-state index in [0.29, 0.717) is 18.5 Å². The summed E-state index contributed by atoms with van der Waals surface area (Å²) in [5, 5.41) is 13.1. The Balaban J connectivity index is 2.14. The van der Waals surface area contributed by atoms with Gasteiger partial charge in [0.15, 0.2) is 0 Å². The van der Waals surface area contributed by atoms with E-state index in [0.717, 1.165) is 25.7 Å². The molecule has 0 amide bonds. The molecule has 0 bridgehead atoms. The van der Waals surface area contributed by atoms with Crippen LogP contribution in [-0.2, 0) is 0 Å². The molecular formula is C14H25N5O2. The molecule has 1 fully saturated rings. The highest BCUT2D eigenvalue weighted by molar-refractivity contribution is 5.36. The number of rotatable bonds is 6. The third kappa shape index (κ3) is 4.17. The van der Waals surface area contributed by atoms with Gasteiger partial charge in [-0.3, -0.25) is 0 Å². The van der Waals surface area contributed by atoms with Gasteiger partial charge in [-0.1, -0.05) is 26.7 Å². The molecule has 2 atom stereocenters. The minimum Gasteiger partial charge on any atom is -0.463 e. The van der Waals surface area contributed by atoms with Crippen molar-refractivity contribution in [2.24, 2.45) is 5.92 Å². The Kier molecular flexibility index (Phi) is 5.17. The van der Waals surface area contributed by atoms with E-state index >= 15 is 0 Å². The fourth-order valence-corrected chi connectivity index (χ4v) is 2.88. The fraction of sp³-hybridized carbons (Fsp3) is 0.786. The summed E-state index contributed by atoms with van der Waals surface area (Å²) in [5.74, 6) is 1.06. The highest BCUT2D eigenvalue weighted by atomic mass is 16.5. The van der Waals surface area contributed by atoms with E-state index in [-0.39, 0.29) is 24.1 Å². The maximum atomic E-state index is 9.80. The van der Waals surface area contributed by atoms with Crippen molar-refractivity contribution >= 4 is 11.9 Å². The number of aliphatic hydroxyl groups is 1. The predicted molar refractivity (Wildman–Crippen MR) is 81.1 cm³/mol. The molecule has 21 heavy (non-hydrogen) atoms. The molecule has 0 radical (unpaired) electrons. The number of nitrogen functional groups attached to an aromatic ring is 1. The van der Waals surface area contributed by atoms with Crippen molar-refractivity contribution in [3.05, 3.63) is 0 Å². The van der Waals surface area contributed by atoms with Crippen LogP contribution in [0.1, 0.15) is 46.0 Å². The van der Waals surface area contributed by atoms with Crippen molar-refractivity contribution in [3.8, 4) is 6.01 Å². The van der Waals surface area contributed by atoms with Gasteiger partial charge >= 0.3 is 6.01 Å². The second-order valence-corrected chi connectivity index (χ2v) is 5.91. The molecule has 0 saturated heterocycles. The summed E-state index contributed by atoms with van der Waals surface area (Å²) in [7, 11) is 0. The van der Waals surface area contributed by atoms with E-state index in [4.69, 9.17) is 10.5 Å². The zero-order chi connectivity index (χ0) is 15.3. The van der Waals surface area contributed by atoms with E-state index in [1.54, 1.807) is 0 Å². The number of ether oxygens (including phenoxy) is 1. The first-order valence-electron chi connectivity index (χ1n) is 7.60. The van der Waals surface area contributed by atoms with E-state index in [9.17, 15) is 5.11 Å². The number of hydrogen-bond acceptors (Lipinski definition) is 7. The second-order valence-electron chi connectivity index (χ2n) is 5.91. The van der Waals surface area contributed by atoms with Crippen LogP contribution in [0.25, 0.3) is 0 Å². The zero-order valence-electron chi connectivity index (χ0n) is 12.8. The fourth-order valence-electron chi connectivity index (χ4n) is 2.88. The highest BCUT2D eigenvalue weighted by Crippen LogP contribution is 2.34. The summed E-state index contributed by atoms with van der Waals surface area (Å²) in [6, 6.07) is 0.226. The Bertz CT molecular complexity index is 471. The molecule has 118 valence electrons. The molecule has 1 aromatic rings. The molecule has 1 aromatic heterocycles. The number of nitrogens with zero attached hydrogens (tertiary/aromatic N) is 3. The Hall–Kier alpha value is -1.63. The average Bonchev–Trinajstić information content (AvgIpc) is 2.44. The van der Waals surface area contributed by atoms with Gasteiger partial charge in [0.1, 0.15) is 0 Å². The summed E-state index contributed by atoms with van der Waals surface area (Å²) in [5.41, 5.74) is 5.32. The maximum Gasteiger partial charge on any atom is 0.323 e. The Labute approximate surface area is 125 Å². The first-order valence-corrected chi connectivity index (χ1v) is 7.60. The Morgan fingerprint density at radius 2 is 2.24 bits per heavy atom. The maximum absolute atomic E-state index is 9.80. The molecular weight excluding hydrogens is 270 g/mol. The minimum atomic E-state index is -0.381. The lowest BCUT2D eigenvalue weighted by Crippen LogP contribution is -2.46. The number of hydrogen-bond donors (Lipinski definition) is 3. The molecule has 4 N–H and O–H groups in total. The van der Waals surface area contributed by atoms with E-state index in [1.165, 1.54) is 6.42 Å². The molecule has 2 rings (SSSR count). The lowest BCUT2D eigenvalue weighted by atomic mass is 9.77. The van der Waals surface area contributed by atoms with Crippen LogP contribution in [0.4, 0.5) is 11.9 Å². The summed E-state index contributed by atoms with van der Waals surface area (Å²) in [6.07, 6.45) is 4.92. The van der Waals surface area contributed by atoms with Crippen LogP contribution in [0.2, 0.25) is 0 Å². The minimum absolute atomic E-state index is 0.0497. The zero-order valence-corrected chi connectivity index (χ0v) is 12.8. The number of aliphatic hydroxyl groups excluding tert-OH is 1. The molecule has 7 heteroatoms. The summed E-state index contributed by atoms with van der Waals surface area (Å²) in [4.78, 5) is 12.3. The monoisotopic (exact) mass is 295 g/mol. The second kappa shape index (κ2) is 6.89. The van der Waals surface area contributed by atoms with Gasteiger partial charge in [0.05, 0.1) is 18.8 Å². The Morgan fingerprint density at radius 3 is 2.90 bits per heavy atom. The first kappa shape index (κ1) is 15.8. The van der Waals surface area contributed by atoms with E-state index < -0.39 is 0 Å². The van der Waals surface area contributed by atoms with Crippen LogP contribution in [0, 0.1) is 5.92 Å². The third-order valence-electron chi connectivity index (χ3n) is 3.84. The predicted octanol–water partition coefficient (Wildman–Crippen LogP) is 1.60. The average molecular weight is 295 g/mol. The van der Waals surface area contributed by atoms with Crippen LogP contribution in [0.5, 0.6) is 6.01 Å². The number of nitrogens with two attached hydrogens (primary N) is 1. The molecule has 7 nitrogen and oxygen atoms in total. The van der Waals surface area contributed by atoms with Gasteiger partial charge in [0.25, 0.3) is 0 Å². The van der Waals surface area contributed by atoms with Crippen molar-refractivity contribution in [2.75, 3.05) is 24.3 Å². The largest absolute Gasteiger partial charge is 0.463 e. The van der Waals surface area contributed by atoms with Crippen molar-refractivity contribution < 1.29 is 9.84 Å². The lowest BCUT2D eigenvalue weighted by Gasteiger charge is -2.39. The van der Waals surface area contributed by atoms with Gasteiger partial charge in [-0.25, -0.2) is 0 Å². The van der Waals surface area contributed by atoms with E-state index in [2.05, 4.69) is 27.2 Å². The molecule has 0 spiro atoms. The molecule has 0 aliphatic heterocycles. The molecule has 2 unspecified atom stereocenters. The first-order chi connectivity index (χ1) is 10.1. The molecule has 1 aliphatic carbocycles. The third-order valence-corrected chi connectivity index (χ3v) is 3.84. The number of anilines is 2. The van der Waals surface area contributed by atoms with Crippen LogP contribution in [0.3, 0.4) is 0 Å². The van der Waals surface area contributed by atoms with Crippen molar-refractivity contribution in [1.82, 2.24) is 15.0 Å². The molecule has 1 saturated carbocycles. The highest BCUT2D eigenvalue weighted by Gasteiger charge is 2.35. The summed E-state index contributed by atoms with van der Waals surface area (Å²) >= 11 is 0. The summed E-state index contributed by atoms with van der Waals surface area (Å²) in [6.45, 7) is 4.79. The summed E-state index contributed by atoms with van der Waals surface area (Å²) < 4.78 is 5.41. The van der Waals surface area contributed by atoms with Crippen LogP contribution in [0.15, 0.2) is 0 Å². The van der Waals surface area contributed by atoms with Crippen LogP contribution < -0.4 is 15.8 Å². The van der Waals surface area contributed by atoms with Gasteiger partial charge in [-0.2, -0.15) is 15.0 Å². The van der Waals surface area contributed by atoms with Gasteiger partial charge < -0.3 is 20.9 Å². The van der Waals surface area contributed by atoms with E-state index in [1.807, 2.05) is 6.92 Å². The molecule has 1 heterocycles. The van der Waals surface area contributed by atoms with Crippen LogP contribution >= 0.6 is 0 Å². The quantitative estimate of drug-likeness (QED) is 0.731. The normalized spacial score (nSPS) is 25.6. The van der Waals surface area contributed by atoms with Crippen LogP contribution in [-0.4, -0.2) is 38.8 Å². The van der Waals surface area contributed by atoms with Gasteiger partial charge in [-0.05, 0) is 25.2 Å². The number of aromatic nitrogens is 3. The molecule has 0 aromatic carbocycles. The molecule has 1 aliphatic rings. The van der Waals surface area contributed by atoms with Crippen molar-refractivity contribution in [1.29, 1.82) is 0 Å². The SMILES string of the molecule is CCCOc1nc(N)nc(NC2(CO)CCCC(C)C2)n1. The van der Waals surface area contributed by atoms with Crippen molar-refractivity contribution in [3.63, 3.8) is 0 Å². The smallest absolute Gasteiger partial charge is 0.323 e. The number of nitrogens with one attached hydrogen (secondary N) is 1. The van der Waals surface area contributed by atoms with Gasteiger partial charge in [0.2, 0.25) is 11.9 Å². The lowest BCUT2D eigenvalue weighted by molar-refractivity contribution is 0.149. The van der Waals surface area contributed by atoms with Gasteiger partial charge in [0, 0.05) is 0 Å². The Morgan fingerprint density at radius 1 is 1.43 bits per heavy atom. The standard InChI is InChI=1S/C14H25N5O2/c1-3-7-21-13-17-11(15)16-12(18-13)19-14(9-20)6-4-5-10(2)8-14/h10,20H,3-9H2,1-2H3,(H3,15,16,17,18,19).